The number of methoxy groups -OCH3 is 1. The highest BCUT2D eigenvalue weighted by Crippen LogP contribution is 2.44. The molecule has 1 atom stereocenters. The molecule has 17 heavy (non-hydrogen) atoms. The van der Waals surface area contributed by atoms with Crippen molar-refractivity contribution in [3.63, 3.8) is 0 Å². The summed E-state index contributed by atoms with van der Waals surface area (Å²) < 4.78 is 10.7. The van der Waals surface area contributed by atoms with Crippen LogP contribution in [0.1, 0.15) is 18.4 Å². The van der Waals surface area contributed by atoms with Gasteiger partial charge in [0.1, 0.15) is 5.75 Å². The summed E-state index contributed by atoms with van der Waals surface area (Å²) >= 11 is 0. The van der Waals surface area contributed by atoms with Gasteiger partial charge >= 0.3 is 0 Å². The Morgan fingerprint density at radius 1 is 1.47 bits per heavy atom. The van der Waals surface area contributed by atoms with E-state index in [1.54, 1.807) is 7.11 Å². The van der Waals surface area contributed by atoms with Crippen molar-refractivity contribution in [2.75, 3.05) is 25.6 Å². The highest BCUT2D eigenvalue weighted by molar-refractivity contribution is 6.06. The van der Waals surface area contributed by atoms with Crippen molar-refractivity contribution >= 4 is 11.6 Å². The molecule has 2 aliphatic heterocycles. The highest BCUT2D eigenvalue weighted by atomic mass is 16.5. The second kappa shape index (κ2) is 3.74. The number of anilines is 1. The second-order valence-corrected chi connectivity index (χ2v) is 4.60. The molecule has 2 heterocycles. The lowest BCUT2D eigenvalue weighted by molar-refractivity contribution is -0.125. The molecule has 1 spiro atoms. The molecule has 0 aromatic heterocycles. The zero-order valence-electron chi connectivity index (χ0n) is 9.79. The molecule has 4 nitrogen and oxygen atoms in total. The fraction of sp³-hybridized carbons (Fsp3) is 0.462. The van der Waals surface area contributed by atoms with Crippen molar-refractivity contribution in [1.82, 2.24) is 0 Å². The Morgan fingerprint density at radius 2 is 2.35 bits per heavy atom. The van der Waals surface area contributed by atoms with Crippen LogP contribution in [-0.4, -0.2) is 26.2 Å². The van der Waals surface area contributed by atoms with E-state index < -0.39 is 5.41 Å². The molecule has 1 unspecified atom stereocenters. The zero-order chi connectivity index (χ0) is 11.9. The molecule has 0 radical (unpaired) electrons. The number of fused-ring (bicyclic) bond motifs is 2. The molecular formula is C13H15NO3. The fourth-order valence-electron chi connectivity index (χ4n) is 2.71. The third-order valence-corrected chi connectivity index (χ3v) is 3.67. The zero-order valence-corrected chi connectivity index (χ0v) is 9.79. The molecule has 90 valence electrons. The first-order valence-electron chi connectivity index (χ1n) is 5.84. The van der Waals surface area contributed by atoms with Crippen LogP contribution in [0.5, 0.6) is 5.75 Å². The highest BCUT2D eigenvalue weighted by Gasteiger charge is 2.48. The smallest absolute Gasteiger partial charge is 0.237 e. The number of carbonyl (C=O) groups is 1. The van der Waals surface area contributed by atoms with Crippen molar-refractivity contribution in [2.24, 2.45) is 0 Å². The quantitative estimate of drug-likeness (QED) is 0.803. The molecule has 3 rings (SSSR count). The maximum absolute atomic E-state index is 12.2. The summed E-state index contributed by atoms with van der Waals surface area (Å²) in [5, 5.41) is 2.93. The average Bonchev–Trinajstić information content (AvgIpc) is 2.63. The van der Waals surface area contributed by atoms with Crippen LogP contribution in [0, 0.1) is 0 Å². The van der Waals surface area contributed by atoms with Gasteiger partial charge in [0.2, 0.25) is 5.91 Å². The molecule has 1 saturated heterocycles. The van der Waals surface area contributed by atoms with Gasteiger partial charge in [0.25, 0.3) is 0 Å². The van der Waals surface area contributed by atoms with E-state index >= 15 is 0 Å². The first-order valence-corrected chi connectivity index (χ1v) is 5.84. The monoisotopic (exact) mass is 233 g/mol. The van der Waals surface area contributed by atoms with Crippen LogP contribution in [-0.2, 0) is 14.9 Å². The average molecular weight is 233 g/mol. The number of nitrogens with one attached hydrogen (secondary N) is 1. The maximum atomic E-state index is 12.2. The van der Waals surface area contributed by atoms with Crippen LogP contribution >= 0.6 is 0 Å². The first-order chi connectivity index (χ1) is 8.26. The Hall–Kier alpha value is -1.55. The Kier molecular flexibility index (Phi) is 2.33. The van der Waals surface area contributed by atoms with Crippen molar-refractivity contribution in [1.29, 1.82) is 0 Å². The molecule has 4 heteroatoms. The summed E-state index contributed by atoms with van der Waals surface area (Å²) in [6, 6.07) is 5.71. The Bertz CT molecular complexity index is 464. The maximum Gasteiger partial charge on any atom is 0.237 e. The van der Waals surface area contributed by atoms with E-state index in [4.69, 9.17) is 9.47 Å². The summed E-state index contributed by atoms with van der Waals surface area (Å²) in [5.74, 6) is 0.839. The lowest BCUT2D eigenvalue weighted by atomic mass is 9.77. The summed E-state index contributed by atoms with van der Waals surface area (Å²) in [6.07, 6.45) is 1.77. The van der Waals surface area contributed by atoms with E-state index in [2.05, 4.69) is 5.32 Å². The van der Waals surface area contributed by atoms with Gasteiger partial charge in [-0.05, 0) is 36.6 Å². The number of benzene rings is 1. The molecular weight excluding hydrogens is 218 g/mol. The Labute approximate surface area is 99.9 Å². The molecule has 1 amide bonds. The summed E-state index contributed by atoms with van der Waals surface area (Å²) in [6.45, 7) is 1.22. The number of ether oxygens (including phenoxy) is 2. The van der Waals surface area contributed by atoms with Gasteiger partial charge in [0, 0.05) is 12.3 Å². The van der Waals surface area contributed by atoms with Crippen molar-refractivity contribution in [3.05, 3.63) is 23.8 Å². The van der Waals surface area contributed by atoms with Gasteiger partial charge in [-0.25, -0.2) is 0 Å². The van der Waals surface area contributed by atoms with Gasteiger partial charge in [-0.3, -0.25) is 4.79 Å². The standard InChI is InChI=1S/C13H15NO3/c1-16-9-3-4-11-10(7-9)13(12(15)14-11)5-2-6-17-8-13/h3-4,7H,2,5-6,8H2,1H3,(H,14,15). The molecule has 1 N–H and O–H groups in total. The third-order valence-electron chi connectivity index (χ3n) is 3.67. The van der Waals surface area contributed by atoms with E-state index in [0.29, 0.717) is 6.61 Å². The van der Waals surface area contributed by atoms with Gasteiger partial charge < -0.3 is 14.8 Å². The Morgan fingerprint density at radius 3 is 3.06 bits per heavy atom. The summed E-state index contributed by atoms with van der Waals surface area (Å²) in [5.41, 5.74) is 1.41. The van der Waals surface area contributed by atoms with E-state index in [-0.39, 0.29) is 5.91 Å². The SMILES string of the molecule is COc1ccc2c(c1)C1(CCCOC1)C(=O)N2. The molecule has 0 bridgehead atoms. The van der Waals surface area contributed by atoms with Crippen LogP contribution in [0.2, 0.25) is 0 Å². The molecule has 0 saturated carbocycles. The van der Waals surface area contributed by atoms with Gasteiger partial charge in [-0.1, -0.05) is 0 Å². The number of hydrogen-bond acceptors (Lipinski definition) is 3. The predicted molar refractivity (Wildman–Crippen MR) is 63.4 cm³/mol. The van der Waals surface area contributed by atoms with E-state index in [1.165, 1.54) is 0 Å². The molecule has 1 aromatic carbocycles. The Balaban J connectivity index is 2.10. The van der Waals surface area contributed by atoms with Crippen LogP contribution in [0.15, 0.2) is 18.2 Å². The lowest BCUT2D eigenvalue weighted by Crippen LogP contribution is -2.42. The molecule has 1 aromatic rings. The van der Waals surface area contributed by atoms with Gasteiger partial charge in [-0.2, -0.15) is 0 Å². The van der Waals surface area contributed by atoms with Gasteiger partial charge in [0.15, 0.2) is 0 Å². The molecule has 0 aliphatic carbocycles. The minimum absolute atomic E-state index is 0.0560. The summed E-state index contributed by atoms with van der Waals surface area (Å²) in [4.78, 5) is 12.2. The number of rotatable bonds is 1. The number of carbonyl (C=O) groups excluding carboxylic acids is 1. The van der Waals surface area contributed by atoms with Crippen LogP contribution in [0.3, 0.4) is 0 Å². The lowest BCUT2D eigenvalue weighted by Gasteiger charge is -2.31. The fourth-order valence-corrected chi connectivity index (χ4v) is 2.71. The van der Waals surface area contributed by atoms with Crippen LogP contribution < -0.4 is 10.1 Å². The predicted octanol–water partition coefficient (Wildman–Crippen LogP) is 1.70. The van der Waals surface area contributed by atoms with Crippen molar-refractivity contribution in [3.8, 4) is 5.75 Å². The topological polar surface area (TPSA) is 47.6 Å². The van der Waals surface area contributed by atoms with Crippen molar-refractivity contribution in [2.45, 2.75) is 18.3 Å². The number of amides is 1. The minimum Gasteiger partial charge on any atom is -0.497 e. The van der Waals surface area contributed by atoms with Gasteiger partial charge in [-0.15, -0.1) is 0 Å². The van der Waals surface area contributed by atoms with Gasteiger partial charge in [0.05, 0.1) is 19.1 Å². The second-order valence-electron chi connectivity index (χ2n) is 4.60. The van der Waals surface area contributed by atoms with Crippen LogP contribution in [0.25, 0.3) is 0 Å². The van der Waals surface area contributed by atoms with E-state index in [1.807, 2.05) is 18.2 Å². The van der Waals surface area contributed by atoms with E-state index in [0.717, 1.165) is 36.4 Å². The molecule has 2 aliphatic rings. The first kappa shape index (κ1) is 10.6. The van der Waals surface area contributed by atoms with Crippen molar-refractivity contribution < 1.29 is 14.3 Å². The molecule has 1 fully saturated rings. The van der Waals surface area contributed by atoms with E-state index in [9.17, 15) is 4.79 Å². The number of hydrogen-bond donors (Lipinski definition) is 1. The van der Waals surface area contributed by atoms with Crippen LogP contribution in [0.4, 0.5) is 5.69 Å². The minimum atomic E-state index is -0.498. The summed E-state index contributed by atoms with van der Waals surface area (Å²) in [7, 11) is 1.63. The third kappa shape index (κ3) is 1.44. The largest absolute Gasteiger partial charge is 0.497 e. The normalized spacial score (nSPS) is 26.8.